The van der Waals surface area contributed by atoms with Gasteiger partial charge in [0.1, 0.15) is 5.60 Å². The second-order valence-electron chi connectivity index (χ2n) is 10.7. The number of fused-ring (bicyclic) bond motifs is 5. The Kier molecular flexibility index (Phi) is 5.38. The predicted octanol–water partition coefficient (Wildman–Crippen LogP) is 3.37. The number of aromatic nitrogens is 2. The van der Waals surface area contributed by atoms with Crippen molar-refractivity contribution < 1.29 is 19.8 Å². The quantitative estimate of drug-likeness (QED) is 0.529. The Balaban J connectivity index is 1.40. The smallest absolute Gasteiger partial charge is 0.187 e. The number of Topliss-reactive ketones (excluding diaryl/α,β-unsaturated/α-hetero) is 1. The zero-order valence-electron chi connectivity index (χ0n) is 18.8. The van der Waals surface area contributed by atoms with Gasteiger partial charge in [0, 0.05) is 24.2 Å². The fraction of sp³-hybridized carbons (Fsp3) is 0.680. The van der Waals surface area contributed by atoms with E-state index >= 15 is 0 Å². The van der Waals surface area contributed by atoms with Gasteiger partial charge in [-0.2, -0.15) is 0 Å². The van der Waals surface area contributed by atoms with Crippen LogP contribution in [0.15, 0.2) is 35.3 Å². The molecule has 6 nitrogen and oxygen atoms in total. The number of ketones is 2. The van der Waals surface area contributed by atoms with E-state index in [0.29, 0.717) is 24.4 Å². The Hall–Kier alpha value is -1.57. The monoisotopic (exact) mass is 456 g/mol. The molecule has 4 aliphatic rings. The first kappa shape index (κ1) is 22.2. The van der Waals surface area contributed by atoms with Gasteiger partial charge >= 0.3 is 0 Å². The fourth-order valence-electron chi connectivity index (χ4n) is 7.76. The SMILES string of the molecule is CC12CCC(=O)C=C1CCC1C2[C@@H](O)CC2(C)C1CC[C@]2(O)C(=O)CSc1ncccn1. The summed E-state index contributed by atoms with van der Waals surface area (Å²) in [6, 6.07) is 1.73. The third-order valence-corrected chi connectivity index (χ3v) is 10.3. The molecule has 0 spiro atoms. The van der Waals surface area contributed by atoms with Gasteiger partial charge in [-0.05, 0) is 73.8 Å². The van der Waals surface area contributed by atoms with Crippen LogP contribution in [0.25, 0.3) is 0 Å². The molecule has 1 aromatic rings. The molecule has 5 rings (SSSR count). The molecule has 1 aromatic heterocycles. The molecule has 1 heterocycles. The summed E-state index contributed by atoms with van der Waals surface area (Å²) in [5.41, 5.74) is -1.06. The molecule has 7 heteroatoms. The Bertz CT molecular complexity index is 968. The van der Waals surface area contributed by atoms with Crippen LogP contribution in [0, 0.1) is 28.6 Å². The third kappa shape index (κ3) is 3.15. The van der Waals surface area contributed by atoms with Crippen molar-refractivity contribution in [2.75, 3.05) is 5.75 Å². The highest BCUT2D eigenvalue weighted by atomic mass is 32.2. The van der Waals surface area contributed by atoms with E-state index in [9.17, 15) is 19.8 Å². The molecule has 3 fully saturated rings. The lowest BCUT2D eigenvalue weighted by Crippen LogP contribution is -2.61. The molecule has 5 unspecified atom stereocenters. The largest absolute Gasteiger partial charge is 0.393 e. The third-order valence-electron chi connectivity index (χ3n) is 9.38. The Morgan fingerprint density at radius 2 is 1.94 bits per heavy atom. The van der Waals surface area contributed by atoms with Crippen LogP contribution in [-0.4, -0.2) is 49.2 Å². The molecule has 172 valence electrons. The number of hydrogen-bond donors (Lipinski definition) is 2. The van der Waals surface area contributed by atoms with E-state index in [4.69, 9.17) is 0 Å². The number of hydrogen-bond acceptors (Lipinski definition) is 7. The minimum absolute atomic E-state index is 0.0817. The Labute approximate surface area is 193 Å². The van der Waals surface area contributed by atoms with Crippen molar-refractivity contribution in [3.63, 3.8) is 0 Å². The second kappa shape index (κ2) is 7.74. The molecule has 0 radical (unpaired) electrons. The van der Waals surface area contributed by atoms with Crippen molar-refractivity contribution in [3.05, 3.63) is 30.1 Å². The summed E-state index contributed by atoms with van der Waals surface area (Å²) < 4.78 is 0. The summed E-state index contributed by atoms with van der Waals surface area (Å²) in [7, 11) is 0. The van der Waals surface area contributed by atoms with E-state index in [-0.39, 0.29) is 40.5 Å². The van der Waals surface area contributed by atoms with Crippen molar-refractivity contribution in [1.29, 1.82) is 0 Å². The van der Waals surface area contributed by atoms with Gasteiger partial charge in [-0.15, -0.1) is 0 Å². The molecule has 7 atom stereocenters. The molecule has 0 amide bonds. The van der Waals surface area contributed by atoms with Gasteiger partial charge in [-0.3, -0.25) is 9.59 Å². The number of rotatable bonds is 4. The van der Waals surface area contributed by atoms with Crippen molar-refractivity contribution in [1.82, 2.24) is 9.97 Å². The van der Waals surface area contributed by atoms with Crippen molar-refractivity contribution >= 4 is 23.3 Å². The Morgan fingerprint density at radius 1 is 1.19 bits per heavy atom. The highest BCUT2D eigenvalue weighted by molar-refractivity contribution is 7.99. The van der Waals surface area contributed by atoms with E-state index in [2.05, 4.69) is 16.9 Å². The normalized spacial score (nSPS) is 43.1. The van der Waals surface area contributed by atoms with Gasteiger partial charge < -0.3 is 10.2 Å². The number of aliphatic hydroxyl groups excluding tert-OH is 1. The van der Waals surface area contributed by atoms with Gasteiger partial charge in [0.2, 0.25) is 0 Å². The first-order valence-electron chi connectivity index (χ1n) is 11.8. The summed E-state index contributed by atoms with van der Waals surface area (Å²) in [5, 5.41) is 23.7. The molecule has 0 bridgehead atoms. The molecular weight excluding hydrogens is 424 g/mol. The van der Waals surface area contributed by atoms with Crippen molar-refractivity contribution in [3.8, 4) is 0 Å². The number of aliphatic hydroxyl groups is 2. The van der Waals surface area contributed by atoms with E-state index in [1.807, 2.05) is 13.0 Å². The maximum Gasteiger partial charge on any atom is 0.187 e. The second-order valence-corrected chi connectivity index (χ2v) is 11.7. The van der Waals surface area contributed by atoms with E-state index in [0.717, 1.165) is 25.7 Å². The highest BCUT2D eigenvalue weighted by Crippen LogP contribution is 2.67. The standard InChI is InChI=1S/C25H32N2O4S/c1-23-8-6-16(28)12-15(23)4-5-17-18-7-9-25(31,24(18,2)13-19(29)21(17)23)20(30)14-32-22-26-10-3-11-27-22/h3,10-12,17-19,21,29,31H,4-9,13-14H2,1-2H3/t17?,18?,19-,21?,23?,24?,25-/m0/s1. The average molecular weight is 457 g/mol. The summed E-state index contributed by atoms with van der Waals surface area (Å²) in [4.78, 5) is 33.7. The average Bonchev–Trinajstić information content (AvgIpc) is 3.04. The van der Waals surface area contributed by atoms with Crippen LogP contribution in [0.5, 0.6) is 0 Å². The maximum atomic E-state index is 13.3. The molecule has 0 aromatic carbocycles. The highest BCUT2D eigenvalue weighted by Gasteiger charge is 2.68. The molecule has 3 saturated carbocycles. The molecule has 0 saturated heterocycles. The molecule has 0 aliphatic heterocycles. The molecule has 4 aliphatic carbocycles. The zero-order chi connectivity index (χ0) is 22.7. The van der Waals surface area contributed by atoms with Gasteiger partial charge in [-0.1, -0.05) is 31.2 Å². The van der Waals surface area contributed by atoms with Gasteiger partial charge in [0.15, 0.2) is 16.7 Å². The summed E-state index contributed by atoms with van der Waals surface area (Å²) in [6.07, 6.45) is 9.30. The topological polar surface area (TPSA) is 100 Å². The van der Waals surface area contributed by atoms with Crippen molar-refractivity contribution in [2.45, 2.75) is 75.7 Å². The van der Waals surface area contributed by atoms with Gasteiger partial charge in [-0.25, -0.2) is 9.97 Å². The first-order valence-corrected chi connectivity index (χ1v) is 12.7. The number of carbonyl (C=O) groups excluding carboxylic acids is 2. The lowest BCUT2D eigenvalue weighted by atomic mass is 9.45. The van der Waals surface area contributed by atoms with Crippen LogP contribution in [0.2, 0.25) is 0 Å². The van der Waals surface area contributed by atoms with E-state index < -0.39 is 17.1 Å². The Morgan fingerprint density at radius 3 is 2.69 bits per heavy atom. The minimum Gasteiger partial charge on any atom is -0.393 e. The number of allylic oxidation sites excluding steroid dienone is 1. The molecule has 32 heavy (non-hydrogen) atoms. The predicted molar refractivity (Wildman–Crippen MR) is 121 cm³/mol. The fourth-order valence-corrected chi connectivity index (χ4v) is 8.53. The molecular formula is C25H32N2O4S. The van der Waals surface area contributed by atoms with Gasteiger partial charge in [0.25, 0.3) is 0 Å². The van der Waals surface area contributed by atoms with Crippen LogP contribution in [0.3, 0.4) is 0 Å². The summed E-state index contributed by atoms with van der Waals surface area (Å²) in [6.45, 7) is 4.24. The maximum absolute atomic E-state index is 13.3. The van der Waals surface area contributed by atoms with Crippen LogP contribution < -0.4 is 0 Å². The van der Waals surface area contributed by atoms with Crippen LogP contribution >= 0.6 is 11.8 Å². The summed E-state index contributed by atoms with van der Waals surface area (Å²) in [5.74, 6) is 0.672. The lowest BCUT2D eigenvalue weighted by Gasteiger charge is -2.60. The first-order chi connectivity index (χ1) is 15.2. The minimum atomic E-state index is -1.44. The van der Waals surface area contributed by atoms with Crippen LogP contribution in [-0.2, 0) is 9.59 Å². The molecule has 2 N–H and O–H groups in total. The number of nitrogens with zero attached hydrogens (tertiary/aromatic N) is 2. The summed E-state index contributed by atoms with van der Waals surface area (Å²) >= 11 is 1.26. The van der Waals surface area contributed by atoms with Crippen molar-refractivity contribution in [2.24, 2.45) is 28.6 Å². The van der Waals surface area contributed by atoms with Crippen LogP contribution in [0.1, 0.15) is 58.8 Å². The number of carbonyl (C=O) groups is 2. The number of thioether (sulfide) groups is 1. The van der Waals surface area contributed by atoms with E-state index in [1.54, 1.807) is 18.5 Å². The van der Waals surface area contributed by atoms with Crippen LogP contribution in [0.4, 0.5) is 0 Å². The zero-order valence-corrected chi connectivity index (χ0v) is 19.6. The van der Waals surface area contributed by atoms with E-state index in [1.165, 1.54) is 17.3 Å². The van der Waals surface area contributed by atoms with Gasteiger partial charge in [0.05, 0.1) is 11.9 Å². The lowest BCUT2D eigenvalue weighted by molar-refractivity contribution is -0.178.